The third-order valence-electron chi connectivity index (χ3n) is 8.23. The number of aliphatic hydroxyl groups is 1. The van der Waals surface area contributed by atoms with E-state index < -0.39 is 36.6 Å². The van der Waals surface area contributed by atoms with Crippen molar-refractivity contribution < 1.29 is 67.9 Å². The minimum absolute atomic E-state index is 0. The molecule has 0 aliphatic heterocycles. The molecule has 1 unspecified atom stereocenters. The van der Waals surface area contributed by atoms with Crippen molar-refractivity contribution in [1.82, 2.24) is 0 Å². The number of ketones is 3. The van der Waals surface area contributed by atoms with Crippen LogP contribution >= 0.6 is 7.82 Å². The molecular formula is C21H26NaO8P. The van der Waals surface area contributed by atoms with Gasteiger partial charge in [-0.1, -0.05) is 25.5 Å². The first-order valence-electron chi connectivity index (χ1n) is 10.2. The van der Waals surface area contributed by atoms with Crippen molar-refractivity contribution in [3.63, 3.8) is 0 Å². The van der Waals surface area contributed by atoms with Crippen LogP contribution in [0.15, 0.2) is 23.8 Å². The van der Waals surface area contributed by atoms with Gasteiger partial charge in [-0.05, 0) is 49.7 Å². The van der Waals surface area contributed by atoms with E-state index in [1.54, 1.807) is 13.0 Å². The molecule has 10 heteroatoms. The number of carbonyl (C=O) groups is 3. The maximum atomic E-state index is 13.4. The van der Waals surface area contributed by atoms with Crippen LogP contribution in [-0.2, 0) is 23.5 Å². The Morgan fingerprint density at radius 3 is 2.65 bits per heavy atom. The molecule has 0 spiro atoms. The standard InChI is InChI=1S/C21H27O8P.Na/c1-19-7-5-13(22)9-12(19)3-4-14-15-6-8-21(25,17(24)11-29-30(26,27)28)20(15,2)10-16(23)18(14)19;/h5,7,9,14-15,18,25H,3-4,6,8,10-11H2,1-2H3,(H2,26,27,28);/q;+1/p-1/t14-,15-,18+,19-,20-,21-;/m0./s1. The molecule has 4 aliphatic carbocycles. The van der Waals surface area contributed by atoms with Crippen LogP contribution in [0.1, 0.15) is 46.0 Å². The first kappa shape index (κ1) is 25.2. The van der Waals surface area contributed by atoms with Crippen LogP contribution in [-0.4, -0.2) is 39.6 Å². The minimum atomic E-state index is -5.10. The minimum Gasteiger partial charge on any atom is -0.756 e. The van der Waals surface area contributed by atoms with Gasteiger partial charge < -0.3 is 19.4 Å². The Hall–Kier alpha value is -0.440. The summed E-state index contributed by atoms with van der Waals surface area (Å²) < 4.78 is 15.1. The molecule has 0 aromatic carbocycles. The Bertz CT molecular complexity index is 938. The predicted molar refractivity (Wildman–Crippen MR) is 103 cm³/mol. The van der Waals surface area contributed by atoms with Gasteiger partial charge in [-0.3, -0.25) is 18.9 Å². The molecule has 31 heavy (non-hydrogen) atoms. The summed E-state index contributed by atoms with van der Waals surface area (Å²) >= 11 is 0. The maximum Gasteiger partial charge on any atom is 1.00 e. The molecule has 0 aromatic rings. The zero-order valence-electron chi connectivity index (χ0n) is 18.0. The van der Waals surface area contributed by atoms with Crippen molar-refractivity contribution in [2.75, 3.05) is 6.61 Å². The molecular weight excluding hydrogens is 434 g/mol. The third-order valence-corrected chi connectivity index (χ3v) is 8.68. The summed E-state index contributed by atoms with van der Waals surface area (Å²) in [5.41, 5.74) is -2.53. The van der Waals surface area contributed by atoms with Gasteiger partial charge in [0.25, 0.3) is 7.82 Å². The summed E-state index contributed by atoms with van der Waals surface area (Å²) in [4.78, 5) is 57.7. The quantitative estimate of drug-likeness (QED) is 0.372. The molecule has 4 aliphatic rings. The molecule has 4 rings (SSSR count). The molecule has 0 heterocycles. The van der Waals surface area contributed by atoms with Crippen LogP contribution in [0.25, 0.3) is 0 Å². The van der Waals surface area contributed by atoms with Gasteiger partial charge in [0.2, 0.25) is 0 Å². The Morgan fingerprint density at radius 1 is 1.32 bits per heavy atom. The number of carbonyl (C=O) groups excluding carboxylic acids is 3. The van der Waals surface area contributed by atoms with Gasteiger partial charge in [-0.15, -0.1) is 0 Å². The molecule has 8 nitrogen and oxygen atoms in total. The Kier molecular flexibility index (Phi) is 6.58. The van der Waals surface area contributed by atoms with Gasteiger partial charge in [-0.2, -0.15) is 0 Å². The summed E-state index contributed by atoms with van der Waals surface area (Å²) in [6.07, 6.45) is 6.94. The normalized spacial score (nSPS) is 43.1. The van der Waals surface area contributed by atoms with Crippen molar-refractivity contribution in [2.24, 2.45) is 28.6 Å². The van der Waals surface area contributed by atoms with Gasteiger partial charge in [-0.25, -0.2) is 0 Å². The van der Waals surface area contributed by atoms with Crippen LogP contribution in [0, 0.1) is 28.6 Å². The number of phosphoric ester groups is 1. The molecule has 164 valence electrons. The topological polar surface area (TPSA) is 141 Å². The van der Waals surface area contributed by atoms with E-state index in [2.05, 4.69) is 4.52 Å². The second kappa shape index (κ2) is 8.10. The fourth-order valence-electron chi connectivity index (χ4n) is 6.75. The van der Waals surface area contributed by atoms with Crippen LogP contribution in [0.4, 0.5) is 0 Å². The summed E-state index contributed by atoms with van der Waals surface area (Å²) in [6.45, 7) is 2.74. The number of fused-ring (bicyclic) bond motifs is 5. The smallest absolute Gasteiger partial charge is 0.756 e. The van der Waals surface area contributed by atoms with E-state index in [1.165, 1.54) is 6.08 Å². The molecule has 0 aromatic heterocycles. The van der Waals surface area contributed by atoms with E-state index in [9.17, 15) is 28.9 Å². The number of hydrogen-bond donors (Lipinski definition) is 2. The van der Waals surface area contributed by atoms with E-state index >= 15 is 0 Å². The molecule has 0 bridgehead atoms. The number of phosphoric acid groups is 1. The molecule has 3 fully saturated rings. The Balaban J connectivity index is 0.00000272. The summed E-state index contributed by atoms with van der Waals surface area (Å²) in [6, 6.07) is 0. The number of allylic oxidation sites excluding steroid dienone is 4. The van der Waals surface area contributed by atoms with Gasteiger partial charge in [0, 0.05) is 23.2 Å². The zero-order chi connectivity index (χ0) is 22.1. The van der Waals surface area contributed by atoms with Crippen molar-refractivity contribution in [1.29, 1.82) is 0 Å². The van der Waals surface area contributed by atoms with Gasteiger partial charge >= 0.3 is 29.6 Å². The van der Waals surface area contributed by atoms with E-state index in [0.717, 1.165) is 5.57 Å². The second-order valence-corrected chi connectivity index (χ2v) is 10.8. The monoisotopic (exact) mass is 460 g/mol. The number of hydrogen-bond acceptors (Lipinski definition) is 7. The SMILES string of the molecule is C[C@]12C=CC(=O)C=C1CC[C@@H]1[C@@H]2C(=O)C[C@@]2(C)[C@H]1CC[C@]2(O)C(=O)COP(=O)([O-])O.[Na+]. The van der Waals surface area contributed by atoms with Crippen molar-refractivity contribution >= 4 is 25.2 Å². The van der Waals surface area contributed by atoms with Crippen LogP contribution < -0.4 is 34.5 Å². The first-order valence-corrected chi connectivity index (χ1v) is 11.7. The second-order valence-electron chi connectivity index (χ2n) is 9.60. The Morgan fingerprint density at radius 2 is 2.00 bits per heavy atom. The molecule has 7 atom stereocenters. The fraction of sp³-hybridized carbons (Fsp3) is 0.667. The number of Topliss-reactive ketones (excluding diaryl/α,β-unsaturated/α-hetero) is 2. The average molecular weight is 460 g/mol. The number of rotatable bonds is 4. The molecule has 3 saturated carbocycles. The molecule has 0 saturated heterocycles. The summed E-state index contributed by atoms with van der Waals surface area (Å²) in [5.74, 6) is -1.46. The van der Waals surface area contributed by atoms with E-state index in [-0.39, 0.29) is 71.7 Å². The van der Waals surface area contributed by atoms with Crippen LogP contribution in [0.3, 0.4) is 0 Å². The van der Waals surface area contributed by atoms with Crippen molar-refractivity contribution in [2.45, 2.75) is 51.6 Å². The van der Waals surface area contributed by atoms with Gasteiger partial charge in [0.1, 0.15) is 18.0 Å². The van der Waals surface area contributed by atoms with Gasteiger partial charge in [0.05, 0.1) is 0 Å². The average Bonchev–Trinajstić information content (AvgIpc) is 2.91. The fourth-order valence-corrected chi connectivity index (χ4v) is 7.03. The largest absolute Gasteiger partial charge is 1.00 e. The van der Waals surface area contributed by atoms with E-state index in [1.807, 2.05) is 13.0 Å². The van der Waals surface area contributed by atoms with Crippen molar-refractivity contribution in [3.05, 3.63) is 23.8 Å². The van der Waals surface area contributed by atoms with Gasteiger partial charge in [0.15, 0.2) is 11.6 Å². The third kappa shape index (κ3) is 3.83. The summed E-state index contributed by atoms with van der Waals surface area (Å²) in [5, 5.41) is 11.3. The summed E-state index contributed by atoms with van der Waals surface area (Å²) in [7, 11) is -5.10. The zero-order valence-corrected chi connectivity index (χ0v) is 20.9. The first-order chi connectivity index (χ1) is 13.8. The van der Waals surface area contributed by atoms with Crippen molar-refractivity contribution in [3.8, 4) is 0 Å². The Labute approximate surface area is 203 Å². The van der Waals surface area contributed by atoms with E-state index in [0.29, 0.717) is 19.3 Å². The van der Waals surface area contributed by atoms with Crippen LogP contribution in [0.2, 0.25) is 0 Å². The maximum absolute atomic E-state index is 13.4. The molecule has 0 amide bonds. The van der Waals surface area contributed by atoms with E-state index in [4.69, 9.17) is 4.89 Å². The molecule has 2 N–H and O–H groups in total. The predicted octanol–water partition coefficient (Wildman–Crippen LogP) is -1.75. The molecule has 0 radical (unpaired) electrons. The van der Waals surface area contributed by atoms with Crippen LogP contribution in [0.5, 0.6) is 0 Å².